The molecule has 0 amide bonds. The summed E-state index contributed by atoms with van der Waals surface area (Å²) in [6, 6.07) is 5.38. The van der Waals surface area contributed by atoms with E-state index in [0.29, 0.717) is 0 Å². The van der Waals surface area contributed by atoms with Crippen molar-refractivity contribution in [1.29, 1.82) is 0 Å². The van der Waals surface area contributed by atoms with Crippen LogP contribution in [0, 0.1) is 0 Å². The second kappa shape index (κ2) is 5.64. The number of hydrogen-bond acceptors (Lipinski definition) is 4. The molecule has 0 aliphatic rings. The smallest absolute Gasteiger partial charge is 0.380 e. The van der Waals surface area contributed by atoms with E-state index in [0.717, 1.165) is 0 Å². The topological polar surface area (TPSA) is 59.6 Å². The lowest BCUT2D eigenvalue weighted by Crippen LogP contribution is -2.38. The second-order valence-corrected chi connectivity index (χ2v) is 2.78. The molecule has 0 radical (unpaired) electrons. The molecule has 0 N–H and O–H groups in total. The minimum atomic E-state index is -0.688. The zero-order valence-corrected chi connectivity index (χ0v) is 8.13. The summed E-state index contributed by atoms with van der Waals surface area (Å²) in [5.41, 5.74) is 0. The third-order valence-electron chi connectivity index (χ3n) is 1.56. The number of rotatable bonds is 4. The maximum Gasteiger partial charge on any atom is 0.380 e. The highest BCUT2D eigenvalue weighted by Gasteiger charge is 2.13. The number of aromatic nitrogens is 1. The molecule has 0 aliphatic heterocycles. The van der Waals surface area contributed by atoms with Crippen molar-refractivity contribution in [3.8, 4) is 0 Å². The molecule has 0 aliphatic carbocycles. The van der Waals surface area contributed by atoms with Crippen LogP contribution >= 0.6 is 0 Å². The summed E-state index contributed by atoms with van der Waals surface area (Å²) in [7, 11) is 0. The Morgan fingerprint density at radius 1 is 1.20 bits per heavy atom. The average Bonchev–Trinajstić information content (AvgIpc) is 2.19. The number of nitrogens with zero attached hydrogens (tertiary/aromatic N) is 2. The van der Waals surface area contributed by atoms with E-state index in [9.17, 15) is 9.59 Å². The Labute approximate surface area is 87.0 Å². The van der Waals surface area contributed by atoms with Gasteiger partial charge in [0.15, 0.2) is 12.4 Å². The fourth-order valence-corrected chi connectivity index (χ4v) is 0.972. The zero-order chi connectivity index (χ0) is 11.1. The fraction of sp³-hybridized carbons (Fsp3) is 0.200. The molecule has 5 nitrogen and oxygen atoms in total. The van der Waals surface area contributed by atoms with Gasteiger partial charge >= 0.3 is 11.9 Å². The molecule has 1 aromatic rings. The minimum absolute atomic E-state index is 0.00369. The first-order valence-electron chi connectivity index (χ1n) is 4.32. The van der Waals surface area contributed by atoms with Crippen LogP contribution in [-0.4, -0.2) is 25.2 Å². The van der Waals surface area contributed by atoms with Gasteiger partial charge in [0.1, 0.15) is 6.54 Å². The summed E-state index contributed by atoms with van der Waals surface area (Å²) < 4.78 is 6.07. The summed E-state index contributed by atoms with van der Waals surface area (Å²) in [6.45, 7) is 2.93. The van der Waals surface area contributed by atoms with Gasteiger partial charge in [-0.2, -0.15) is 4.57 Å². The molecule has 1 rings (SSSR count). The summed E-state index contributed by atoms with van der Waals surface area (Å²) in [5, 5.41) is 0. The lowest BCUT2D eigenvalue weighted by Gasteiger charge is -1.97. The van der Waals surface area contributed by atoms with Gasteiger partial charge in [0.05, 0.1) is 0 Å². The molecular weight excluding hydrogens is 196 g/mol. The lowest BCUT2D eigenvalue weighted by atomic mass is 10.5. The van der Waals surface area contributed by atoms with Crippen LogP contribution in [0.3, 0.4) is 0 Å². The Balaban J connectivity index is 2.43. The van der Waals surface area contributed by atoms with Gasteiger partial charge in [-0.15, -0.1) is 0 Å². The third kappa shape index (κ3) is 4.12. The van der Waals surface area contributed by atoms with E-state index in [2.05, 4.69) is 16.4 Å². The molecular formula is C10H11N2O3+. The van der Waals surface area contributed by atoms with Crippen LogP contribution in [0.15, 0.2) is 35.6 Å². The van der Waals surface area contributed by atoms with Crippen molar-refractivity contribution in [3.05, 3.63) is 30.6 Å². The van der Waals surface area contributed by atoms with Gasteiger partial charge in [0, 0.05) is 12.1 Å². The first-order chi connectivity index (χ1) is 7.22. The van der Waals surface area contributed by atoms with Crippen molar-refractivity contribution in [1.82, 2.24) is 0 Å². The number of pyridine rings is 1. The van der Waals surface area contributed by atoms with Gasteiger partial charge < -0.3 is 4.74 Å². The molecule has 0 saturated heterocycles. The number of hydrogen-bond donors (Lipinski definition) is 0. The Kier molecular flexibility index (Phi) is 4.15. The van der Waals surface area contributed by atoms with Gasteiger partial charge in [-0.3, -0.25) is 4.99 Å². The Morgan fingerprint density at radius 2 is 1.87 bits per heavy atom. The molecule has 0 spiro atoms. The Morgan fingerprint density at radius 3 is 2.47 bits per heavy atom. The molecule has 5 heteroatoms. The van der Waals surface area contributed by atoms with Crippen LogP contribution in [-0.2, 0) is 20.9 Å². The van der Waals surface area contributed by atoms with E-state index in [-0.39, 0.29) is 13.1 Å². The second-order valence-electron chi connectivity index (χ2n) is 2.78. The number of aliphatic imine (C=N–C) groups is 1. The number of carbonyl (C=O) groups excluding carboxylic acids is 2. The van der Waals surface area contributed by atoms with E-state index in [1.54, 1.807) is 29.1 Å². The van der Waals surface area contributed by atoms with E-state index in [4.69, 9.17) is 0 Å². The zero-order valence-electron chi connectivity index (χ0n) is 8.13. The van der Waals surface area contributed by atoms with E-state index < -0.39 is 11.9 Å². The summed E-state index contributed by atoms with van der Waals surface area (Å²) in [6.07, 6.45) is 3.41. The van der Waals surface area contributed by atoms with Crippen molar-refractivity contribution < 1.29 is 18.9 Å². The van der Waals surface area contributed by atoms with Gasteiger partial charge in [0.25, 0.3) is 0 Å². The minimum Gasteiger partial charge on any atom is -0.387 e. The van der Waals surface area contributed by atoms with E-state index in [1.807, 2.05) is 6.07 Å². The van der Waals surface area contributed by atoms with Crippen LogP contribution in [0.1, 0.15) is 0 Å². The molecule has 1 aromatic heterocycles. The van der Waals surface area contributed by atoms with Crippen LogP contribution in [0.5, 0.6) is 0 Å². The van der Waals surface area contributed by atoms with Gasteiger partial charge in [-0.1, -0.05) is 6.07 Å². The van der Waals surface area contributed by atoms with Crippen molar-refractivity contribution in [3.63, 3.8) is 0 Å². The fourth-order valence-electron chi connectivity index (χ4n) is 0.972. The number of esters is 2. The highest BCUT2D eigenvalue weighted by Crippen LogP contribution is 1.84. The molecule has 0 fully saturated rings. The normalized spacial score (nSPS) is 9.33. The first kappa shape index (κ1) is 11.0. The largest absolute Gasteiger partial charge is 0.387 e. The summed E-state index contributed by atoms with van der Waals surface area (Å²) >= 11 is 0. The van der Waals surface area contributed by atoms with Gasteiger partial charge in [0.2, 0.25) is 6.54 Å². The van der Waals surface area contributed by atoms with Gasteiger partial charge in [-0.25, -0.2) is 9.59 Å². The van der Waals surface area contributed by atoms with E-state index >= 15 is 0 Å². The number of carbonyl (C=O) groups is 2. The predicted molar refractivity (Wildman–Crippen MR) is 52.2 cm³/mol. The van der Waals surface area contributed by atoms with Crippen LogP contribution in [0.2, 0.25) is 0 Å². The van der Waals surface area contributed by atoms with Crippen LogP contribution < -0.4 is 4.57 Å². The van der Waals surface area contributed by atoms with Crippen molar-refractivity contribution in [2.45, 2.75) is 6.54 Å². The molecule has 1 heterocycles. The highest BCUT2D eigenvalue weighted by atomic mass is 16.6. The van der Waals surface area contributed by atoms with Crippen LogP contribution in [0.25, 0.3) is 0 Å². The van der Waals surface area contributed by atoms with Crippen molar-refractivity contribution in [2.24, 2.45) is 4.99 Å². The lowest BCUT2D eigenvalue weighted by molar-refractivity contribution is -0.685. The third-order valence-corrected chi connectivity index (χ3v) is 1.56. The average molecular weight is 207 g/mol. The molecule has 0 bridgehead atoms. The Hall–Kier alpha value is -2.04. The summed E-state index contributed by atoms with van der Waals surface area (Å²) in [4.78, 5) is 25.3. The monoisotopic (exact) mass is 207 g/mol. The first-order valence-corrected chi connectivity index (χ1v) is 4.32. The molecule has 0 atom stereocenters. The van der Waals surface area contributed by atoms with Crippen molar-refractivity contribution >= 4 is 18.7 Å². The maximum atomic E-state index is 11.2. The SMILES string of the molecule is C=NCC(=O)OC(=O)C[n+]1ccccc1. The van der Waals surface area contributed by atoms with E-state index in [1.165, 1.54) is 0 Å². The molecule has 0 unspecified atom stereocenters. The standard InChI is InChI=1S/C10H11N2O3/c1-11-7-9(13)15-10(14)8-12-5-3-2-4-6-12/h2-6H,1,7-8H2/q+1. The maximum absolute atomic E-state index is 11.2. The van der Waals surface area contributed by atoms with Gasteiger partial charge in [-0.05, 0) is 6.72 Å². The van der Waals surface area contributed by atoms with Crippen molar-refractivity contribution in [2.75, 3.05) is 6.54 Å². The predicted octanol–water partition coefficient (Wildman–Crippen LogP) is -0.256. The van der Waals surface area contributed by atoms with Crippen LogP contribution in [0.4, 0.5) is 0 Å². The Bertz CT molecular complexity index is 362. The molecule has 0 aromatic carbocycles. The quantitative estimate of drug-likeness (QED) is 0.296. The molecule has 0 saturated carbocycles. The highest BCUT2D eigenvalue weighted by molar-refractivity contribution is 5.86. The molecule has 78 valence electrons. The number of ether oxygens (including phenoxy) is 1. The summed E-state index contributed by atoms with van der Waals surface area (Å²) in [5.74, 6) is -1.30. The molecule has 15 heavy (non-hydrogen) atoms.